The molecule has 140 valence electrons. The number of rotatable bonds is 9. The Hall–Kier alpha value is -1.44. The summed E-state index contributed by atoms with van der Waals surface area (Å²) in [4.78, 5) is 13.5. The van der Waals surface area contributed by atoms with Gasteiger partial charge in [0.2, 0.25) is 10.0 Å². The number of quaternary nitrogens is 1. The Balaban J connectivity index is 1.73. The van der Waals surface area contributed by atoms with Crippen molar-refractivity contribution in [3.8, 4) is 0 Å². The molecule has 0 atom stereocenters. The molecule has 1 fully saturated rings. The molecule has 1 saturated heterocycles. The number of piperazine rings is 1. The van der Waals surface area contributed by atoms with Crippen LogP contribution in [0.3, 0.4) is 0 Å². The maximum Gasteiger partial charge on any atom is 0.275 e. The lowest BCUT2D eigenvalue weighted by Crippen LogP contribution is -3.15. The molecule has 2 N–H and O–H groups in total. The van der Waals surface area contributed by atoms with E-state index in [9.17, 15) is 13.2 Å². The molecular weight excluding hydrogens is 338 g/mol. The van der Waals surface area contributed by atoms with Crippen LogP contribution in [0.5, 0.6) is 0 Å². The fourth-order valence-corrected chi connectivity index (χ4v) is 4.49. The second-order valence-corrected chi connectivity index (χ2v) is 8.49. The van der Waals surface area contributed by atoms with E-state index < -0.39 is 10.0 Å². The highest BCUT2D eigenvalue weighted by molar-refractivity contribution is 7.89. The van der Waals surface area contributed by atoms with E-state index >= 15 is 0 Å². The van der Waals surface area contributed by atoms with Gasteiger partial charge >= 0.3 is 0 Å². The van der Waals surface area contributed by atoms with Crippen LogP contribution in [0.15, 0.2) is 35.2 Å². The van der Waals surface area contributed by atoms with Crippen molar-refractivity contribution in [1.29, 1.82) is 0 Å². The number of benzene rings is 1. The van der Waals surface area contributed by atoms with Gasteiger partial charge in [-0.25, -0.2) is 8.42 Å². The van der Waals surface area contributed by atoms with Gasteiger partial charge in [0.05, 0.1) is 31.1 Å². The van der Waals surface area contributed by atoms with Crippen LogP contribution in [0.25, 0.3) is 0 Å². The highest BCUT2D eigenvalue weighted by Gasteiger charge is 2.30. The minimum absolute atomic E-state index is 0.0610. The number of carbonyl (C=O) groups is 1. The molecule has 1 aromatic carbocycles. The first-order valence-corrected chi connectivity index (χ1v) is 10.6. The average Bonchev–Trinajstić information content (AvgIpc) is 2.63. The number of amides is 1. The van der Waals surface area contributed by atoms with E-state index in [0.717, 1.165) is 24.3 Å². The third-order valence-corrected chi connectivity index (χ3v) is 6.49. The van der Waals surface area contributed by atoms with E-state index in [-0.39, 0.29) is 5.91 Å². The number of sulfonamides is 1. The molecule has 1 aromatic rings. The van der Waals surface area contributed by atoms with Gasteiger partial charge in [-0.1, -0.05) is 44.4 Å². The monoisotopic (exact) mass is 368 g/mol. The maximum absolute atomic E-state index is 12.6. The zero-order valence-electron chi connectivity index (χ0n) is 15.0. The second kappa shape index (κ2) is 9.89. The zero-order valence-corrected chi connectivity index (χ0v) is 15.9. The minimum atomic E-state index is -3.42. The molecular formula is C18H30N3O3S+. The summed E-state index contributed by atoms with van der Waals surface area (Å²) in [6.07, 6.45) is 4.57. The molecule has 0 saturated carbocycles. The summed E-state index contributed by atoms with van der Waals surface area (Å²) >= 11 is 0. The molecule has 1 heterocycles. The molecule has 6 nitrogen and oxygen atoms in total. The predicted molar refractivity (Wildman–Crippen MR) is 97.9 cm³/mol. The van der Waals surface area contributed by atoms with Gasteiger partial charge in [-0.3, -0.25) is 4.79 Å². The first-order valence-electron chi connectivity index (χ1n) is 9.19. The minimum Gasteiger partial charge on any atom is -0.351 e. The van der Waals surface area contributed by atoms with Crippen LogP contribution in [-0.2, 0) is 14.8 Å². The lowest BCUT2D eigenvalue weighted by atomic mass is 10.2. The van der Waals surface area contributed by atoms with Crippen LogP contribution in [0.4, 0.5) is 0 Å². The topological polar surface area (TPSA) is 70.9 Å². The first kappa shape index (κ1) is 19.9. The van der Waals surface area contributed by atoms with Crippen molar-refractivity contribution >= 4 is 15.9 Å². The highest BCUT2D eigenvalue weighted by Crippen LogP contribution is 2.14. The van der Waals surface area contributed by atoms with E-state index in [1.54, 1.807) is 24.3 Å². The third-order valence-electron chi connectivity index (χ3n) is 4.57. The van der Waals surface area contributed by atoms with Crippen LogP contribution < -0.4 is 10.2 Å². The van der Waals surface area contributed by atoms with Crippen molar-refractivity contribution in [3.63, 3.8) is 0 Å². The van der Waals surface area contributed by atoms with Gasteiger partial charge in [-0.2, -0.15) is 4.31 Å². The third kappa shape index (κ3) is 6.09. The van der Waals surface area contributed by atoms with Gasteiger partial charge in [0.15, 0.2) is 6.54 Å². The number of hydrogen-bond donors (Lipinski definition) is 2. The summed E-state index contributed by atoms with van der Waals surface area (Å²) in [5.41, 5.74) is 0. The molecule has 1 aliphatic heterocycles. The van der Waals surface area contributed by atoms with Crippen molar-refractivity contribution in [3.05, 3.63) is 30.3 Å². The standard InChI is InChI=1S/C18H29N3O3S/c1-2-3-4-8-11-19-18(22)16-20-12-14-21(15-13-20)25(23,24)17-9-6-5-7-10-17/h5-7,9-10H,2-4,8,11-16H2,1H3,(H,19,22)/p+1. The van der Waals surface area contributed by atoms with E-state index in [4.69, 9.17) is 0 Å². The number of hydrogen-bond acceptors (Lipinski definition) is 3. The maximum atomic E-state index is 12.6. The van der Waals surface area contributed by atoms with Gasteiger partial charge in [0, 0.05) is 6.54 Å². The fourth-order valence-electron chi connectivity index (χ4n) is 3.03. The second-order valence-electron chi connectivity index (χ2n) is 6.55. The zero-order chi connectivity index (χ0) is 18.1. The van der Waals surface area contributed by atoms with Crippen LogP contribution in [0.1, 0.15) is 32.6 Å². The van der Waals surface area contributed by atoms with Crippen molar-refractivity contribution in [2.45, 2.75) is 37.5 Å². The Bertz CT molecular complexity index is 626. The van der Waals surface area contributed by atoms with Gasteiger partial charge in [-0.15, -0.1) is 0 Å². The molecule has 0 spiro atoms. The van der Waals surface area contributed by atoms with Crippen LogP contribution in [0, 0.1) is 0 Å². The van der Waals surface area contributed by atoms with E-state index in [1.807, 2.05) is 6.07 Å². The van der Waals surface area contributed by atoms with Crippen molar-refractivity contribution < 1.29 is 18.1 Å². The normalized spacial score (nSPS) is 16.7. The Morgan fingerprint density at radius 3 is 2.44 bits per heavy atom. The van der Waals surface area contributed by atoms with Gasteiger partial charge in [-0.05, 0) is 18.6 Å². The number of unbranched alkanes of at least 4 members (excludes halogenated alkanes) is 3. The largest absolute Gasteiger partial charge is 0.351 e. The first-order chi connectivity index (χ1) is 12.0. The predicted octanol–water partition coefficient (Wildman–Crippen LogP) is 0.272. The van der Waals surface area contributed by atoms with E-state index in [1.165, 1.54) is 17.1 Å². The lowest BCUT2D eigenvalue weighted by molar-refractivity contribution is -0.895. The quantitative estimate of drug-likeness (QED) is 0.615. The van der Waals surface area contributed by atoms with E-state index in [0.29, 0.717) is 37.6 Å². The summed E-state index contributed by atoms with van der Waals surface area (Å²) in [5, 5.41) is 2.96. The van der Waals surface area contributed by atoms with E-state index in [2.05, 4.69) is 12.2 Å². The summed E-state index contributed by atoms with van der Waals surface area (Å²) in [5.74, 6) is 0.0610. The molecule has 1 aliphatic rings. The molecule has 7 heteroatoms. The summed E-state index contributed by atoms with van der Waals surface area (Å²) in [6, 6.07) is 8.53. The number of carbonyl (C=O) groups excluding carboxylic acids is 1. The van der Waals surface area contributed by atoms with Gasteiger partial charge in [0.25, 0.3) is 5.91 Å². The van der Waals surface area contributed by atoms with Crippen LogP contribution in [-0.4, -0.2) is 57.9 Å². The molecule has 0 aromatic heterocycles. The van der Waals surface area contributed by atoms with Crippen molar-refractivity contribution in [2.75, 3.05) is 39.3 Å². The van der Waals surface area contributed by atoms with Crippen molar-refractivity contribution in [1.82, 2.24) is 9.62 Å². The Morgan fingerprint density at radius 2 is 1.80 bits per heavy atom. The fraction of sp³-hybridized carbons (Fsp3) is 0.611. The van der Waals surface area contributed by atoms with Gasteiger partial charge < -0.3 is 10.2 Å². The Kier molecular flexibility index (Phi) is 7.87. The SMILES string of the molecule is CCCCCCNC(=O)C[NH+]1CCN(S(=O)(=O)c2ccccc2)CC1. The number of nitrogens with one attached hydrogen (secondary N) is 2. The highest BCUT2D eigenvalue weighted by atomic mass is 32.2. The summed E-state index contributed by atoms with van der Waals surface area (Å²) < 4.78 is 26.7. The lowest BCUT2D eigenvalue weighted by Gasteiger charge is -2.31. The summed E-state index contributed by atoms with van der Waals surface area (Å²) in [7, 11) is -3.42. The summed E-state index contributed by atoms with van der Waals surface area (Å²) in [6.45, 7) is 5.56. The Morgan fingerprint density at radius 1 is 1.12 bits per heavy atom. The number of nitrogens with zero attached hydrogens (tertiary/aromatic N) is 1. The van der Waals surface area contributed by atoms with Crippen LogP contribution >= 0.6 is 0 Å². The molecule has 0 aliphatic carbocycles. The molecule has 0 bridgehead atoms. The molecule has 0 unspecified atom stereocenters. The molecule has 1 amide bonds. The van der Waals surface area contributed by atoms with Gasteiger partial charge in [0.1, 0.15) is 0 Å². The molecule has 2 rings (SSSR count). The van der Waals surface area contributed by atoms with Crippen LogP contribution in [0.2, 0.25) is 0 Å². The molecule has 0 radical (unpaired) electrons. The van der Waals surface area contributed by atoms with Crippen molar-refractivity contribution in [2.24, 2.45) is 0 Å². The average molecular weight is 369 g/mol. The smallest absolute Gasteiger partial charge is 0.275 e. The Labute approximate surface area is 151 Å². The molecule has 25 heavy (non-hydrogen) atoms.